The lowest BCUT2D eigenvalue weighted by molar-refractivity contribution is -0.119. The summed E-state index contributed by atoms with van der Waals surface area (Å²) in [5.74, 6) is -1.70. The van der Waals surface area contributed by atoms with Crippen LogP contribution in [-0.4, -0.2) is 5.78 Å². The molecule has 0 aromatic heterocycles. The average molecular weight is 261 g/mol. The molecule has 1 unspecified atom stereocenters. The van der Waals surface area contributed by atoms with Gasteiger partial charge in [-0.3, -0.25) is 4.79 Å². The highest BCUT2D eigenvalue weighted by atomic mass is 19.1. The molecular formula is C15H13F2NO. The monoisotopic (exact) mass is 261 g/mol. The van der Waals surface area contributed by atoms with Gasteiger partial charge in [-0.15, -0.1) is 0 Å². The molecule has 0 radical (unpaired) electrons. The van der Waals surface area contributed by atoms with Gasteiger partial charge >= 0.3 is 0 Å². The van der Waals surface area contributed by atoms with E-state index in [1.54, 1.807) is 24.3 Å². The van der Waals surface area contributed by atoms with E-state index in [0.717, 1.165) is 12.1 Å². The molecule has 2 nitrogen and oxygen atoms in total. The maximum Gasteiger partial charge on any atom is 0.158 e. The number of rotatable bonds is 4. The summed E-state index contributed by atoms with van der Waals surface area (Å²) >= 11 is 0. The maximum atomic E-state index is 13.4. The van der Waals surface area contributed by atoms with E-state index >= 15 is 0 Å². The number of carbonyl (C=O) groups excluding carboxylic acids is 1. The fourth-order valence-electron chi connectivity index (χ4n) is 1.81. The summed E-state index contributed by atoms with van der Waals surface area (Å²) in [5.41, 5.74) is 6.65. The molecule has 2 rings (SSSR count). The van der Waals surface area contributed by atoms with Crippen LogP contribution >= 0.6 is 0 Å². The average Bonchev–Trinajstić information content (AvgIpc) is 2.42. The molecule has 98 valence electrons. The van der Waals surface area contributed by atoms with Gasteiger partial charge in [-0.05, 0) is 17.2 Å². The molecule has 19 heavy (non-hydrogen) atoms. The van der Waals surface area contributed by atoms with Gasteiger partial charge in [0.15, 0.2) is 5.78 Å². The lowest BCUT2D eigenvalue weighted by atomic mass is 9.98. The van der Waals surface area contributed by atoms with Crippen molar-refractivity contribution in [2.24, 2.45) is 5.73 Å². The highest BCUT2D eigenvalue weighted by molar-refractivity contribution is 5.87. The van der Waals surface area contributed by atoms with Crippen molar-refractivity contribution in [3.63, 3.8) is 0 Å². The van der Waals surface area contributed by atoms with Crippen LogP contribution in [0.4, 0.5) is 8.78 Å². The zero-order chi connectivity index (χ0) is 13.8. The third-order valence-corrected chi connectivity index (χ3v) is 2.89. The number of Topliss-reactive ketones (excluding diaryl/α,β-unsaturated/α-hetero) is 1. The SMILES string of the molecule is NC(C(=O)Cc1ccc(F)cc1F)c1ccccc1. The molecule has 0 aliphatic heterocycles. The standard InChI is InChI=1S/C15H13F2NO/c16-12-7-6-11(13(17)9-12)8-14(19)15(18)10-4-2-1-3-5-10/h1-7,9,15H,8,18H2. The zero-order valence-corrected chi connectivity index (χ0v) is 10.1. The smallest absolute Gasteiger partial charge is 0.158 e. The third-order valence-electron chi connectivity index (χ3n) is 2.89. The first-order chi connectivity index (χ1) is 9.08. The predicted octanol–water partition coefficient (Wildman–Crippen LogP) is 2.78. The summed E-state index contributed by atoms with van der Waals surface area (Å²) in [7, 11) is 0. The molecule has 4 heteroatoms. The Labute approximate surface area is 109 Å². The van der Waals surface area contributed by atoms with Gasteiger partial charge in [0, 0.05) is 12.5 Å². The molecule has 2 aromatic carbocycles. The summed E-state index contributed by atoms with van der Waals surface area (Å²) in [6, 6.07) is 11.2. The molecule has 0 spiro atoms. The Balaban J connectivity index is 2.13. The molecular weight excluding hydrogens is 248 g/mol. The van der Waals surface area contributed by atoms with E-state index in [-0.39, 0.29) is 17.8 Å². The van der Waals surface area contributed by atoms with Gasteiger partial charge in [0.1, 0.15) is 11.6 Å². The highest BCUT2D eigenvalue weighted by Gasteiger charge is 2.17. The van der Waals surface area contributed by atoms with Gasteiger partial charge in [0.2, 0.25) is 0 Å². The second kappa shape index (κ2) is 5.71. The van der Waals surface area contributed by atoms with Crippen molar-refractivity contribution in [1.29, 1.82) is 0 Å². The first-order valence-electron chi connectivity index (χ1n) is 5.85. The minimum Gasteiger partial charge on any atom is -0.318 e. The van der Waals surface area contributed by atoms with Crippen molar-refractivity contribution in [3.8, 4) is 0 Å². The molecule has 2 N–H and O–H groups in total. The van der Waals surface area contributed by atoms with Crippen LogP contribution in [0.1, 0.15) is 17.2 Å². The van der Waals surface area contributed by atoms with Crippen molar-refractivity contribution in [2.75, 3.05) is 0 Å². The Kier molecular flexibility index (Phi) is 4.02. The number of ketones is 1. The van der Waals surface area contributed by atoms with Crippen molar-refractivity contribution >= 4 is 5.78 Å². The second-order valence-electron chi connectivity index (χ2n) is 4.27. The van der Waals surface area contributed by atoms with Crippen LogP contribution in [0.2, 0.25) is 0 Å². The van der Waals surface area contributed by atoms with Crippen LogP contribution in [-0.2, 0) is 11.2 Å². The molecule has 0 amide bonds. The Morgan fingerprint density at radius 1 is 1.11 bits per heavy atom. The number of nitrogens with two attached hydrogens (primary N) is 1. The molecule has 0 heterocycles. The Hall–Kier alpha value is -2.07. The van der Waals surface area contributed by atoms with E-state index in [2.05, 4.69) is 0 Å². The van der Waals surface area contributed by atoms with Crippen molar-refractivity contribution in [1.82, 2.24) is 0 Å². The van der Waals surface area contributed by atoms with Gasteiger partial charge in [-0.2, -0.15) is 0 Å². The van der Waals surface area contributed by atoms with Gasteiger partial charge in [0.05, 0.1) is 6.04 Å². The normalized spacial score (nSPS) is 12.2. The molecule has 2 aromatic rings. The second-order valence-corrected chi connectivity index (χ2v) is 4.27. The highest BCUT2D eigenvalue weighted by Crippen LogP contribution is 2.16. The molecule has 0 saturated heterocycles. The molecule has 0 aliphatic carbocycles. The number of hydrogen-bond donors (Lipinski definition) is 1. The van der Waals surface area contributed by atoms with Gasteiger partial charge in [0.25, 0.3) is 0 Å². The van der Waals surface area contributed by atoms with E-state index < -0.39 is 17.7 Å². The quantitative estimate of drug-likeness (QED) is 0.919. The van der Waals surface area contributed by atoms with E-state index in [9.17, 15) is 13.6 Å². The van der Waals surface area contributed by atoms with Crippen molar-refractivity contribution in [2.45, 2.75) is 12.5 Å². The fourth-order valence-corrected chi connectivity index (χ4v) is 1.81. The number of halogens is 2. The molecule has 0 bridgehead atoms. The van der Waals surface area contributed by atoms with E-state index in [1.165, 1.54) is 6.07 Å². The van der Waals surface area contributed by atoms with Gasteiger partial charge in [-0.1, -0.05) is 36.4 Å². The maximum absolute atomic E-state index is 13.4. The van der Waals surface area contributed by atoms with Crippen LogP contribution in [0.3, 0.4) is 0 Å². The number of hydrogen-bond acceptors (Lipinski definition) is 2. The Bertz CT molecular complexity index is 584. The largest absolute Gasteiger partial charge is 0.318 e. The van der Waals surface area contributed by atoms with Crippen LogP contribution < -0.4 is 5.73 Å². The lowest BCUT2D eigenvalue weighted by Crippen LogP contribution is -2.23. The summed E-state index contributed by atoms with van der Waals surface area (Å²) in [6.07, 6.45) is -0.151. The zero-order valence-electron chi connectivity index (χ0n) is 10.1. The molecule has 0 fully saturated rings. The molecule has 0 aliphatic rings. The molecule has 1 atom stereocenters. The number of carbonyl (C=O) groups is 1. The Morgan fingerprint density at radius 2 is 1.79 bits per heavy atom. The van der Waals surface area contributed by atoms with E-state index in [1.807, 2.05) is 6.07 Å². The fraction of sp³-hybridized carbons (Fsp3) is 0.133. The van der Waals surface area contributed by atoms with Crippen LogP contribution in [0.25, 0.3) is 0 Å². The lowest BCUT2D eigenvalue weighted by Gasteiger charge is -2.11. The first-order valence-corrected chi connectivity index (χ1v) is 5.85. The summed E-state index contributed by atoms with van der Waals surface area (Å²) < 4.78 is 26.2. The number of benzene rings is 2. The van der Waals surface area contributed by atoms with Crippen molar-refractivity contribution < 1.29 is 13.6 Å². The summed E-state index contributed by atoms with van der Waals surface area (Å²) in [4.78, 5) is 12.0. The summed E-state index contributed by atoms with van der Waals surface area (Å²) in [6.45, 7) is 0. The minimum atomic E-state index is -0.800. The van der Waals surface area contributed by atoms with Crippen molar-refractivity contribution in [3.05, 3.63) is 71.3 Å². The van der Waals surface area contributed by atoms with Crippen LogP contribution in [0, 0.1) is 11.6 Å². The Morgan fingerprint density at radius 3 is 2.42 bits per heavy atom. The van der Waals surface area contributed by atoms with Gasteiger partial charge < -0.3 is 5.73 Å². The summed E-state index contributed by atoms with van der Waals surface area (Å²) in [5, 5.41) is 0. The topological polar surface area (TPSA) is 43.1 Å². The van der Waals surface area contributed by atoms with E-state index in [0.29, 0.717) is 5.56 Å². The molecule has 0 saturated carbocycles. The van der Waals surface area contributed by atoms with Gasteiger partial charge in [-0.25, -0.2) is 8.78 Å². The minimum absolute atomic E-state index is 0.151. The van der Waals surface area contributed by atoms with Crippen LogP contribution in [0.5, 0.6) is 0 Å². The van der Waals surface area contributed by atoms with E-state index in [4.69, 9.17) is 5.73 Å². The van der Waals surface area contributed by atoms with Crippen LogP contribution in [0.15, 0.2) is 48.5 Å². The third kappa shape index (κ3) is 3.23. The first kappa shape index (κ1) is 13.4. The predicted molar refractivity (Wildman–Crippen MR) is 68.4 cm³/mol.